The summed E-state index contributed by atoms with van der Waals surface area (Å²) in [5.41, 5.74) is -0.828. The highest BCUT2D eigenvalue weighted by Crippen LogP contribution is 2.22. The zero-order valence-corrected chi connectivity index (χ0v) is 14.1. The van der Waals surface area contributed by atoms with Crippen molar-refractivity contribution in [3.63, 3.8) is 0 Å². The minimum atomic E-state index is -1.05. The molecule has 2 aromatic rings. The summed E-state index contributed by atoms with van der Waals surface area (Å²) >= 11 is 0. The van der Waals surface area contributed by atoms with Crippen molar-refractivity contribution < 1.29 is 18.8 Å². The number of benzene rings is 1. The molecule has 0 fully saturated rings. The molecular formula is C16H21FN4O3. The number of amides is 2. The van der Waals surface area contributed by atoms with Crippen molar-refractivity contribution in [2.24, 2.45) is 0 Å². The second-order valence-corrected chi connectivity index (χ2v) is 6.24. The van der Waals surface area contributed by atoms with Gasteiger partial charge in [0.25, 0.3) is 0 Å². The molecule has 0 saturated carbocycles. The first kappa shape index (κ1) is 17.9. The second-order valence-electron chi connectivity index (χ2n) is 6.24. The van der Waals surface area contributed by atoms with Gasteiger partial charge in [0.2, 0.25) is 5.89 Å². The van der Waals surface area contributed by atoms with E-state index >= 15 is 0 Å². The molecule has 2 amide bonds. The lowest BCUT2D eigenvalue weighted by molar-refractivity contribution is 0.0529. The zero-order valence-electron chi connectivity index (χ0n) is 14.1. The van der Waals surface area contributed by atoms with E-state index in [-0.39, 0.29) is 17.9 Å². The number of halogens is 1. The van der Waals surface area contributed by atoms with Gasteiger partial charge in [-0.1, -0.05) is 23.4 Å². The number of nitrogens with zero attached hydrogens (tertiary/aromatic N) is 3. The summed E-state index contributed by atoms with van der Waals surface area (Å²) in [5.74, 6) is -0.0246. The number of nitrogens with one attached hydrogen (secondary N) is 1. The summed E-state index contributed by atoms with van der Waals surface area (Å²) in [6.07, 6.45) is 0. The third-order valence-electron chi connectivity index (χ3n) is 3.26. The summed E-state index contributed by atoms with van der Waals surface area (Å²) in [4.78, 5) is 17.8. The Hall–Kier alpha value is -2.48. The lowest BCUT2D eigenvalue weighted by Gasteiger charge is -2.27. The van der Waals surface area contributed by atoms with Gasteiger partial charge in [0.1, 0.15) is 11.9 Å². The highest BCUT2D eigenvalue weighted by Gasteiger charge is 2.27. The molecule has 0 aliphatic rings. The van der Waals surface area contributed by atoms with Crippen molar-refractivity contribution in [3.05, 3.63) is 47.4 Å². The molecule has 0 aliphatic heterocycles. The quantitative estimate of drug-likeness (QED) is 0.871. The first-order valence-corrected chi connectivity index (χ1v) is 7.46. The smallest absolute Gasteiger partial charge is 0.318 e. The molecule has 2 rings (SSSR count). The molecule has 130 valence electrons. The van der Waals surface area contributed by atoms with Crippen LogP contribution in [0.4, 0.5) is 9.18 Å². The second kappa shape index (κ2) is 6.96. The first-order valence-electron chi connectivity index (χ1n) is 7.46. The van der Waals surface area contributed by atoms with Crippen molar-refractivity contribution in [1.82, 2.24) is 20.4 Å². The zero-order chi connectivity index (χ0) is 17.9. The lowest BCUT2D eigenvalue weighted by Crippen LogP contribution is -2.46. The van der Waals surface area contributed by atoms with E-state index in [0.29, 0.717) is 5.89 Å². The maximum absolute atomic E-state index is 14.2. The van der Waals surface area contributed by atoms with Gasteiger partial charge < -0.3 is 19.8 Å². The van der Waals surface area contributed by atoms with Crippen molar-refractivity contribution in [3.8, 4) is 0 Å². The Kier molecular flexibility index (Phi) is 5.18. The Morgan fingerprint density at radius 3 is 2.67 bits per heavy atom. The Bertz CT molecular complexity index is 711. The number of likely N-dealkylation sites (N-methyl/N-ethyl adjacent to an activating group) is 1. The van der Waals surface area contributed by atoms with E-state index in [4.69, 9.17) is 4.52 Å². The van der Waals surface area contributed by atoms with Crippen molar-refractivity contribution in [2.45, 2.75) is 32.4 Å². The van der Waals surface area contributed by atoms with Crippen LogP contribution in [-0.4, -0.2) is 45.4 Å². The van der Waals surface area contributed by atoms with Gasteiger partial charge in [0.05, 0.1) is 12.1 Å². The maximum atomic E-state index is 14.2. The normalized spacial score (nSPS) is 12.8. The number of hydrogen-bond donors (Lipinski definition) is 2. The molecule has 1 aromatic heterocycles. The van der Waals surface area contributed by atoms with Crippen LogP contribution in [0, 0.1) is 12.7 Å². The number of aromatic nitrogens is 2. The summed E-state index contributed by atoms with van der Waals surface area (Å²) < 4.78 is 19.1. The third kappa shape index (κ3) is 4.51. The van der Waals surface area contributed by atoms with E-state index in [0.717, 1.165) is 0 Å². The minimum absolute atomic E-state index is 0.105. The first-order chi connectivity index (χ1) is 11.2. The van der Waals surface area contributed by atoms with Gasteiger partial charge >= 0.3 is 6.03 Å². The molecule has 24 heavy (non-hydrogen) atoms. The van der Waals surface area contributed by atoms with E-state index in [9.17, 15) is 14.3 Å². The van der Waals surface area contributed by atoms with Crippen LogP contribution in [0.2, 0.25) is 0 Å². The third-order valence-corrected chi connectivity index (χ3v) is 3.26. The fourth-order valence-corrected chi connectivity index (χ4v) is 2.31. The van der Waals surface area contributed by atoms with Crippen LogP contribution in [0.25, 0.3) is 0 Å². The largest absolute Gasteiger partial charge is 0.389 e. The number of carbonyl (C=O) groups excluding carboxylic acids is 1. The van der Waals surface area contributed by atoms with Crippen molar-refractivity contribution in [1.29, 1.82) is 0 Å². The molecule has 0 radical (unpaired) electrons. The fourth-order valence-electron chi connectivity index (χ4n) is 2.31. The summed E-state index contributed by atoms with van der Waals surface area (Å²) in [5, 5.41) is 16.3. The van der Waals surface area contributed by atoms with E-state index in [1.54, 1.807) is 39.0 Å². The van der Waals surface area contributed by atoms with Crippen LogP contribution in [0.3, 0.4) is 0 Å². The van der Waals surface area contributed by atoms with Gasteiger partial charge in [-0.05, 0) is 19.9 Å². The van der Waals surface area contributed by atoms with Gasteiger partial charge in [-0.15, -0.1) is 0 Å². The lowest BCUT2D eigenvalue weighted by atomic mass is 10.1. The number of aryl methyl sites for hydroxylation is 1. The average Bonchev–Trinajstić information content (AvgIpc) is 2.90. The number of carbonyl (C=O) groups is 1. The molecule has 1 unspecified atom stereocenters. The molecule has 1 atom stereocenters. The van der Waals surface area contributed by atoms with Crippen LogP contribution >= 0.6 is 0 Å². The number of rotatable bonds is 5. The summed E-state index contributed by atoms with van der Waals surface area (Å²) in [6, 6.07) is 4.66. The van der Waals surface area contributed by atoms with Crippen LogP contribution in [-0.2, 0) is 0 Å². The van der Waals surface area contributed by atoms with E-state index in [2.05, 4.69) is 15.5 Å². The van der Waals surface area contributed by atoms with E-state index in [1.165, 1.54) is 18.0 Å². The van der Waals surface area contributed by atoms with Gasteiger partial charge in [-0.2, -0.15) is 4.98 Å². The fraction of sp³-hybridized carbons (Fsp3) is 0.438. The molecule has 1 heterocycles. The monoisotopic (exact) mass is 336 g/mol. The molecule has 7 nitrogen and oxygen atoms in total. The van der Waals surface area contributed by atoms with Crippen LogP contribution in [0.5, 0.6) is 0 Å². The van der Waals surface area contributed by atoms with Crippen LogP contribution < -0.4 is 5.32 Å². The van der Waals surface area contributed by atoms with Crippen LogP contribution in [0.15, 0.2) is 28.8 Å². The predicted octanol–water partition coefficient (Wildman–Crippen LogP) is 2.02. The Balaban J connectivity index is 2.27. The average molecular weight is 336 g/mol. The van der Waals surface area contributed by atoms with E-state index in [1.807, 2.05) is 0 Å². The molecular weight excluding hydrogens is 315 g/mol. The molecule has 2 N–H and O–H groups in total. The molecule has 0 aliphatic carbocycles. The molecule has 0 spiro atoms. The molecule has 0 saturated heterocycles. The van der Waals surface area contributed by atoms with Gasteiger partial charge in [-0.25, -0.2) is 9.18 Å². The predicted molar refractivity (Wildman–Crippen MR) is 84.7 cm³/mol. The summed E-state index contributed by atoms with van der Waals surface area (Å²) in [7, 11) is 1.53. The standard InChI is InChI=1S/C16H21FN4O3/c1-10-18-14(20-24-10)13(11-7-5-6-8-12(11)17)19-15(22)21(4)9-16(2,3)23/h5-8,13,23H,9H2,1-4H3,(H,19,22). The Morgan fingerprint density at radius 2 is 2.12 bits per heavy atom. The minimum Gasteiger partial charge on any atom is -0.389 e. The molecule has 1 aromatic carbocycles. The van der Waals surface area contributed by atoms with Crippen molar-refractivity contribution in [2.75, 3.05) is 13.6 Å². The van der Waals surface area contributed by atoms with Crippen LogP contribution in [0.1, 0.15) is 37.2 Å². The topological polar surface area (TPSA) is 91.5 Å². The summed E-state index contributed by atoms with van der Waals surface area (Å²) in [6.45, 7) is 4.90. The highest BCUT2D eigenvalue weighted by atomic mass is 19.1. The van der Waals surface area contributed by atoms with Gasteiger partial charge in [-0.3, -0.25) is 0 Å². The Morgan fingerprint density at radius 1 is 1.46 bits per heavy atom. The SMILES string of the molecule is Cc1nc(C(NC(=O)N(C)CC(C)(C)O)c2ccccc2F)no1. The highest BCUT2D eigenvalue weighted by molar-refractivity contribution is 5.75. The molecule has 0 bridgehead atoms. The number of aliphatic hydroxyl groups is 1. The van der Waals surface area contributed by atoms with Gasteiger partial charge in [0.15, 0.2) is 5.82 Å². The maximum Gasteiger partial charge on any atom is 0.318 e. The number of urea groups is 1. The Labute approximate surface area is 139 Å². The number of hydrogen-bond acceptors (Lipinski definition) is 5. The van der Waals surface area contributed by atoms with E-state index < -0.39 is 23.5 Å². The molecule has 8 heteroatoms. The van der Waals surface area contributed by atoms with Crippen molar-refractivity contribution >= 4 is 6.03 Å². The van der Waals surface area contributed by atoms with Gasteiger partial charge in [0, 0.05) is 19.5 Å².